The van der Waals surface area contributed by atoms with Crippen LogP contribution in [0.5, 0.6) is 0 Å². The van der Waals surface area contributed by atoms with E-state index in [4.69, 9.17) is 16.3 Å². The van der Waals surface area contributed by atoms with Crippen LogP contribution < -0.4 is 0 Å². The molecule has 11 heavy (non-hydrogen) atoms. The third-order valence-electron chi connectivity index (χ3n) is 1.16. The van der Waals surface area contributed by atoms with Crippen LogP contribution in [0.15, 0.2) is 0 Å². The minimum atomic E-state index is -0.313. The average Bonchev–Trinajstić information content (AvgIpc) is 2.06. The fourth-order valence-corrected chi connectivity index (χ4v) is 3.17. The molecule has 0 aromatic heterocycles. The van der Waals surface area contributed by atoms with Crippen molar-refractivity contribution in [3.63, 3.8) is 0 Å². The summed E-state index contributed by atoms with van der Waals surface area (Å²) in [7, 11) is 0. The number of halogens is 1. The Morgan fingerprint density at radius 3 is 3.00 bits per heavy atom. The smallest absolute Gasteiger partial charge is 0.322 e. The van der Waals surface area contributed by atoms with Crippen molar-refractivity contribution in [2.75, 3.05) is 23.1 Å². The summed E-state index contributed by atoms with van der Waals surface area (Å²) < 4.78 is 5.01. The van der Waals surface area contributed by atoms with Gasteiger partial charge < -0.3 is 4.74 Å². The maximum atomic E-state index is 10.7. The molecule has 0 aromatic carbocycles. The summed E-state index contributed by atoms with van der Waals surface area (Å²) in [4.78, 5) is 10.7. The second kappa shape index (κ2) is 5.17. The van der Waals surface area contributed by atoms with Gasteiger partial charge in [-0.15, -0.1) is 23.4 Å². The lowest BCUT2D eigenvalue weighted by Gasteiger charge is -2.20. The van der Waals surface area contributed by atoms with Gasteiger partial charge in [-0.05, 0) is 0 Å². The van der Waals surface area contributed by atoms with Crippen LogP contribution in [-0.4, -0.2) is 34.5 Å². The number of rotatable bonds is 2. The average molecular weight is 213 g/mol. The highest BCUT2D eigenvalue weighted by Crippen LogP contribution is 2.24. The molecule has 0 saturated carbocycles. The fourth-order valence-electron chi connectivity index (χ4n) is 0.712. The van der Waals surface area contributed by atoms with Crippen LogP contribution >= 0.6 is 35.1 Å². The molecule has 1 saturated heterocycles. The first-order chi connectivity index (χ1) is 5.33. The SMILES string of the molecule is O=C(CCl)O[C@@H]1CSCCS1. The van der Waals surface area contributed by atoms with Crippen LogP contribution in [-0.2, 0) is 9.53 Å². The molecule has 0 aliphatic carbocycles. The summed E-state index contributed by atoms with van der Waals surface area (Å²) >= 11 is 8.78. The molecule has 0 aromatic rings. The largest absolute Gasteiger partial charge is 0.449 e. The van der Waals surface area contributed by atoms with Crippen molar-refractivity contribution >= 4 is 41.1 Å². The Morgan fingerprint density at radius 1 is 1.64 bits per heavy atom. The van der Waals surface area contributed by atoms with Crippen molar-refractivity contribution < 1.29 is 9.53 Å². The standard InChI is InChI=1S/C6H9ClO2S2/c7-3-5(8)9-6-4-10-1-2-11-6/h6H,1-4H2/t6-/m0/s1. The lowest BCUT2D eigenvalue weighted by atomic mass is 10.7. The van der Waals surface area contributed by atoms with Crippen LogP contribution in [0.4, 0.5) is 0 Å². The van der Waals surface area contributed by atoms with Gasteiger partial charge in [-0.1, -0.05) is 0 Å². The van der Waals surface area contributed by atoms with Gasteiger partial charge in [0.2, 0.25) is 0 Å². The summed E-state index contributed by atoms with van der Waals surface area (Å²) in [5, 5.41) is 0. The fraction of sp³-hybridized carbons (Fsp3) is 0.833. The molecule has 0 spiro atoms. The molecule has 0 radical (unpaired) electrons. The van der Waals surface area contributed by atoms with Crippen LogP contribution in [0.25, 0.3) is 0 Å². The van der Waals surface area contributed by atoms with Gasteiger partial charge in [-0.25, -0.2) is 0 Å². The molecule has 1 rings (SSSR count). The molecular weight excluding hydrogens is 204 g/mol. The van der Waals surface area contributed by atoms with Crippen molar-refractivity contribution in [1.29, 1.82) is 0 Å². The van der Waals surface area contributed by atoms with E-state index < -0.39 is 0 Å². The lowest BCUT2D eigenvalue weighted by Crippen LogP contribution is -2.21. The topological polar surface area (TPSA) is 26.3 Å². The molecule has 0 unspecified atom stereocenters. The van der Waals surface area contributed by atoms with E-state index in [1.807, 2.05) is 11.8 Å². The summed E-state index contributed by atoms with van der Waals surface area (Å²) in [5.41, 5.74) is 0.0278. The van der Waals surface area contributed by atoms with E-state index in [0.29, 0.717) is 0 Å². The zero-order chi connectivity index (χ0) is 8.10. The first-order valence-electron chi connectivity index (χ1n) is 3.27. The Balaban J connectivity index is 2.19. The van der Waals surface area contributed by atoms with Crippen LogP contribution in [0.1, 0.15) is 0 Å². The van der Waals surface area contributed by atoms with Crippen molar-refractivity contribution in [1.82, 2.24) is 0 Å². The number of thioether (sulfide) groups is 2. The Labute approximate surface area is 79.4 Å². The quantitative estimate of drug-likeness (QED) is 0.513. The third-order valence-corrected chi connectivity index (χ3v) is 3.95. The molecule has 1 heterocycles. The Morgan fingerprint density at radius 2 is 2.45 bits per heavy atom. The summed E-state index contributed by atoms with van der Waals surface area (Å²) in [6.45, 7) is 0. The zero-order valence-electron chi connectivity index (χ0n) is 5.92. The minimum Gasteiger partial charge on any atom is -0.449 e. The molecule has 0 N–H and O–H groups in total. The maximum absolute atomic E-state index is 10.7. The van der Waals surface area contributed by atoms with E-state index in [2.05, 4.69) is 0 Å². The van der Waals surface area contributed by atoms with Crippen LogP contribution in [0.2, 0.25) is 0 Å². The van der Waals surface area contributed by atoms with Crippen LogP contribution in [0.3, 0.4) is 0 Å². The van der Waals surface area contributed by atoms with Crippen molar-refractivity contribution in [3.8, 4) is 0 Å². The number of hydrogen-bond acceptors (Lipinski definition) is 4. The molecule has 1 fully saturated rings. The number of ether oxygens (including phenoxy) is 1. The molecule has 0 bridgehead atoms. The Hall–Kier alpha value is 0.460. The number of carbonyl (C=O) groups is 1. The monoisotopic (exact) mass is 212 g/mol. The summed E-state index contributed by atoms with van der Waals surface area (Å²) in [6, 6.07) is 0. The predicted octanol–water partition coefficient (Wildman–Crippen LogP) is 1.57. The molecule has 0 amide bonds. The number of carbonyl (C=O) groups excluding carboxylic acids is 1. The van der Waals surface area contributed by atoms with Gasteiger partial charge in [-0.3, -0.25) is 4.79 Å². The second-order valence-electron chi connectivity index (χ2n) is 2.00. The van der Waals surface area contributed by atoms with E-state index >= 15 is 0 Å². The number of alkyl halides is 1. The first-order valence-corrected chi connectivity index (χ1v) is 6.01. The maximum Gasteiger partial charge on any atom is 0.322 e. The van der Waals surface area contributed by atoms with E-state index in [1.54, 1.807) is 11.8 Å². The summed E-state index contributed by atoms with van der Waals surface area (Å²) in [6.07, 6.45) is 0. The van der Waals surface area contributed by atoms with E-state index in [0.717, 1.165) is 17.3 Å². The highest BCUT2D eigenvalue weighted by atomic mass is 35.5. The van der Waals surface area contributed by atoms with E-state index in [-0.39, 0.29) is 17.3 Å². The normalized spacial score (nSPS) is 24.6. The third kappa shape index (κ3) is 3.58. The highest BCUT2D eigenvalue weighted by molar-refractivity contribution is 8.06. The molecule has 1 aliphatic heterocycles. The lowest BCUT2D eigenvalue weighted by molar-refractivity contribution is -0.141. The van der Waals surface area contributed by atoms with Gasteiger partial charge in [0.1, 0.15) is 5.88 Å². The molecule has 5 heteroatoms. The van der Waals surface area contributed by atoms with Gasteiger partial charge in [0.05, 0.1) is 0 Å². The highest BCUT2D eigenvalue weighted by Gasteiger charge is 2.17. The van der Waals surface area contributed by atoms with Crippen molar-refractivity contribution in [3.05, 3.63) is 0 Å². The molecule has 2 nitrogen and oxygen atoms in total. The minimum absolute atomic E-state index is 0.0278. The number of hydrogen-bond donors (Lipinski definition) is 0. The second-order valence-corrected chi connectivity index (χ2v) is 4.68. The van der Waals surface area contributed by atoms with E-state index in [1.165, 1.54) is 0 Å². The molecular formula is C6H9ClO2S2. The van der Waals surface area contributed by atoms with Gasteiger partial charge in [0.25, 0.3) is 0 Å². The van der Waals surface area contributed by atoms with Gasteiger partial charge in [0.15, 0.2) is 5.44 Å². The molecule has 1 atom stereocenters. The molecule has 64 valence electrons. The van der Waals surface area contributed by atoms with Crippen LogP contribution in [0, 0.1) is 0 Å². The van der Waals surface area contributed by atoms with E-state index in [9.17, 15) is 4.79 Å². The number of esters is 1. The Kier molecular flexibility index (Phi) is 4.48. The summed E-state index contributed by atoms with van der Waals surface area (Å²) in [5.74, 6) is 2.76. The Bertz CT molecular complexity index is 137. The zero-order valence-corrected chi connectivity index (χ0v) is 8.31. The van der Waals surface area contributed by atoms with Crippen molar-refractivity contribution in [2.45, 2.75) is 5.44 Å². The van der Waals surface area contributed by atoms with Gasteiger partial charge in [0, 0.05) is 17.3 Å². The van der Waals surface area contributed by atoms with Gasteiger partial charge >= 0.3 is 5.97 Å². The molecule has 1 aliphatic rings. The first kappa shape index (κ1) is 9.55. The van der Waals surface area contributed by atoms with Gasteiger partial charge in [-0.2, -0.15) is 11.8 Å². The predicted molar refractivity (Wildman–Crippen MR) is 50.4 cm³/mol. The van der Waals surface area contributed by atoms with Crippen molar-refractivity contribution in [2.24, 2.45) is 0 Å².